The molecule has 0 radical (unpaired) electrons. The molecule has 1 aromatic heterocycles. The number of aryl methyl sites for hydroxylation is 1. The van der Waals surface area contributed by atoms with Gasteiger partial charge in [0.2, 0.25) is 0 Å². The maximum atomic E-state index is 12.1. The first-order valence-corrected chi connectivity index (χ1v) is 4.13. The van der Waals surface area contributed by atoms with Crippen molar-refractivity contribution < 1.29 is 13.2 Å². The first-order valence-electron chi connectivity index (χ1n) is 4.13. The van der Waals surface area contributed by atoms with Gasteiger partial charge in [-0.3, -0.25) is 4.98 Å². The molecule has 14 heavy (non-hydrogen) atoms. The van der Waals surface area contributed by atoms with E-state index in [1.165, 1.54) is 12.4 Å². The maximum absolute atomic E-state index is 12.1. The minimum atomic E-state index is -4.34. The average Bonchev–Trinajstić information content (AvgIpc) is 2.07. The quantitative estimate of drug-likeness (QED) is 0.798. The van der Waals surface area contributed by atoms with Crippen LogP contribution in [0, 0.1) is 6.92 Å². The topological polar surface area (TPSA) is 38.9 Å². The monoisotopic (exact) mass is 204 g/mol. The number of hydrogen-bond acceptors (Lipinski definition) is 2. The van der Waals surface area contributed by atoms with Crippen molar-refractivity contribution in [3.05, 3.63) is 29.6 Å². The minimum Gasteiger partial charge on any atom is -0.320 e. The lowest BCUT2D eigenvalue weighted by Gasteiger charge is -2.16. The highest BCUT2D eigenvalue weighted by molar-refractivity contribution is 5.22. The van der Waals surface area contributed by atoms with Crippen molar-refractivity contribution in [2.75, 3.05) is 0 Å². The summed E-state index contributed by atoms with van der Waals surface area (Å²) in [5.74, 6) is 0. The van der Waals surface area contributed by atoms with Crippen molar-refractivity contribution >= 4 is 0 Å². The second kappa shape index (κ2) is 3.96. The van der Waals surface area contributed by atoms with Crippen LogP contribution in [0.15, 0.2) is 18.5 Å². The van der Waals surface area contributed by atoms with Crippen LogP contribution in [0.5, 0.6) is 0 Å². The molecule has 0 saturated heterocycles. The van der Waals surface area contributed by atoms with Gasteiger partial charge in [0.15, 0.2) is 0 Å². The molecular formula is C9H11F3N2. The van der Waals surface area contributed by atoms with Crippen LogP contribution in [0.4, 0.5) is 13.2 Å². The van der Waals surface area contributed by atoms with Gasteiger partial charge in [-0.1, -0.05) is 0 Å². The molecule has 0 amide bonds. The Bertz CT molecular complexity index is 309. The van der Waals surface area contributed by atoms with Crippen molar-refractivity contribution in [1.29, 1.82) is 0 Å². The van der Waals surface area contributed by atoms with Gasteiger partial charge in [0.05, 0.1) is 0 Å². The van der Waals surface area contributed by atoms with Gasteiger partial charge in [0.25, 0.3) is 0 Å². The van der Waals surface area contributed by atoms with Gasteiger partial charge >= 0.3 is 6.18 Å². The largest absolute Gasteiger partial charge is 0.403 e. The normalized spacial score (nSPS) is 14.1. The molecule has 0 spiro atoms. The zero-order valence-corrected chi connectivity index (χ0v) is 7.67. The molecule has 5 heteroatoms. The molecule has 1 unspecified atom stereocenters. The highest BCUT2D eigenvalue weighted by Gasteiger charge is 2.36. The van der Waals surface area contributed by atoms with E-state index >= 15 is 0 Å². The standard InChI is InChI=1S/C9H11F3N2/c1-6-2-3-14-5-7(6)4-8(13)9(10,11)12/h2-3,5,8H,4,13H2,1H3. The van der Waals surface area contributed by atoms with Gasteiger partial charge in [0, 0.05) is 12.4 Å². The molecule has 0 fully saturated rings. The maximum Gasteiger partial charge on any atom is 0.403 e. The summed E-state index contributed by atoms with van der Waals surface area (Å²) < 4.78 is 36.4. The third-order valence-electron chi connectivity index (χ3n) is 2.01. The summed E-state index contributed by atoms with van der Waals surface area (Å²) in [4.78, 5) is 3.76. The number of nitrogens with two attached hydrogens (primary N) is 1. The molecule has 0 saturated carbocycles. The number of aromatic nitrogens is 1. The second-order valence-electron chi connectivity index (χ2n) is 3.15. The van der Waals surface area contributed by atoms with Crippen LogP contribution in [0.1, 0.15) is 11.1 Å². The van der Waals surface area contributed by atoms with Gasteiger partial charge < -0.3 is 5.73 Å². The molecule has 0 aliphatic carbocycles. The third kappa shape index (κ3) is 2.70. The predicted octanol–water partition coefficient (Wildman–Crippen LogP) is 1.82. The molecular weight excluding hydrogens is 193 g/mol. The van der Waals surface area contributed by atoms with Crippen molar-refractivity contribution in [2.45, 2.75) is 25.6 Å². The fraction of sp³-hybridized carbons (Fsp3) is 0.444. The number of halogens is 3. The molecule has 2 N–H and O–H groups in total. The molecule has 0 aliphatic heterocycles. The lowest BCUT2D eigenvalue weighted by Crippen LogP contribution is -2.39. The van der Waals surface area contributed by atoms with E-state index in [9.17, 15) is 13.2 Å². The Kier molecular flexibility index (Phi) is 3.10. The molecule has 1 aromatic rings. The van der Waals surface area contributed by atoms with Gasteiger partial charge in [-0.15, -0.1) is 0 Å². The summed E-state index contributed by atoms with van der Waals surface area (Å²) in [5, 5.41) is 0. The lowest BCUT2D eigenvalue weighted by atomic mass is 10.0. The SMILES string of the molecule is Cc1ccncc1CC(N)C(F)(F)F. The van der Waals surface area contributed by atoms with Gasteiger partial charge in [0.1, 0.15) is 6.04 Å². The van der Waals surface area contributed by atoms with Crippen LogP contribution < -0.4 is 5.73 Å². The highest BCUT2D eigenvalue weighted by atomic mass is 19.4. The fourth-order valence-corrected chi connectivity index (χ4v) is 1.06. The Hall–Kier alpha value is -1.10. The summed E-state index contributed by atoms with van der Waals surface area (Å²) >= 11 is 0. The third-order valence-corrected chi connectivity index (χ3v) is 2.01. The summed E-state index contributed by atoms with van der Waals surface area (Å²) in [6, 6.07) is -0.149. The van der Waals surface area contributed by atoms with Crippen LogP contribution in [-0.4, -0.2) is 17.2 Å². The zero-order valence-electron chi connectivity index (χ0n) is 7.67. The van der Waals surface area contributed by atoms with E-state index < -0.39 is 12.2 Å². The second-order valence-corrected chi connectivity index (χ2v) is 3.15. The molecule has 0 aliphatic rings. The van der Waals surface area contributed by atoms with E-state index in [4.69, 9.17) is 5.73 Å². The van der Waals surface area contributed by atoms with Crippen LogP contribution >= 0.6 is 0 Å². The van der Waals surface area contributed by atoms with Crippen LogP contribution in [0.25, 0.3) is 0 Å². The smallest absolute Gasteiger partial charge is 0.320 e. The van der Waals surface area contributed by atoms with E-state index in [0.717, 1.165) is 5.56 Å². The van der Waals surface area contributed by atoms with Gasteiger partial charge in [-0.2, -0.15) is 13.2 Å². The first kappa shape index (κ1) is 11.0. The Labute approximate surface area is 79.9 Å². The molecule has 0 aromatic carbocycles. The van der Waals surface area contributed by atoms with E-state index in [1.807, 2.05) is 0 Å². The molecule has 1 rings (SSSR count). The van der Waals surface area contributed by atoms with Gasteiger partial charge in [-0.05, 0) is 30.5 Å². The molecule has 0 bridgehead atoms. The molecule has 2 nitrogen and oxygen atoms in total. The van der Waals surface area contributed by atoms with Gasteiger partial charge in [-0.25, -0.2) is 0 Å². The Morgan fingerprint density at radius 2 is 2.14 bits per heavy atom. The van der Waals surface area contributed by atoms with Crippen molar-refractivity contribution in [1.82, 2.24) is 4.98 Å². The summed E-state index contributed by atoms with van der Waals surface area (Å²) in [6.45, 7) is 1.74. The fourth-order valence-electron chi connectivity index (χ4n) is 1.06. The van der Waals surface area contributed by atoms with Crippen molar-refractivity contribution in [2.24, 2.45) is 5.73 Å². The van der Waals surface area contributed by atoms with Crippen molar-refractivity contribution in [3.63, 3.8) is 0 Å². The average molecular weight is 204 g/mol. The van der Waals surface area contributed by atoms with E-state index in [-0.39, 0.29) is 6.42 Å². The Morgan fingerprint density at radius 1 is 1.50 bits per heavy atom. The zero-order chi connectivity index (χ0) is 10.8. The minimum absolute atomic E-state index is 0.219. The summed E-state index contributed by atoms with van der Waals surface area (Å²) in [5.41, 5.74) is 6.32. The van der Waals surface area contributed by atoms with Crippen molar-refractivity contribution in [3.8, 4) is 0 Å². The number of rotatable bonds is 2. The van der Waals surface area contributed by atoms with E-state index in [0.29, 0.717) is 5.56 Å². The Balaban J connectivity index is 2.75. The summed E-state index contributed by atoms with van der Waals surface area (Å²) in [7, 11) is 0. The predicted molar refractivity (Wildman–Crippen MR) is 46.7 cm³/mol. The molecule has 78 valence electrons. The van der Waals surface area contributed by atoms with E-state index in [2.05, 4.69) is 4.98 Å². The number of pyridine rings is 1. The molecule has 1 atom stereocenters. The molecule has 1 heterocycles. The van der Waals surface area contributed by atoms with E-state index in [1.54, 1.807) is 13.0 Å². The van der Waals surface area contributed by atoms with Crippen LogP contribution in [0.2, 0.25) is 0 Å². The number of nitrogens with zero attached hydrogens (tertiary/aromatic N) is 1. The summed E-state index contributed by atoms with van der Waals surface area (Å²) in [6.07, 6.45) is -1.61. The van der Waals surface area contributed by atoms with Crippen LogP contribution in [-0.2, 0) is 6.42 Å². The first-order chi connectivity index (χ1) is 6.41. The number of alkyl halides is 3. The Morgan fingerprint density at radius 3 is 2.64 bits per heavy atom. The lowest BCUT2D eigenvalue weighted by molar-refractivity contribution is -0.147. The van der Waals surface area contributed by atoms with Crippen LogP contribution in [0.3, 0.4) is 0 Å². The number of hydrogen-bond donors (Lipinski definition) is 1. The highest BCUT2D eigenvalue weighted by Crippen LogP contribution is 2.22.